The summed E-state index contributed by atoms with van der Waals surface area (Å²) in [5.74, 6) is 1.03. The zero-order valence-corrected chi connectivity index (χ0v) is 18.4. The normalized spacial score (nSPS) is 17.7. The fraction of sp³-hybridized carbons (Fsp3) is 0.348. The van der Waals surface area contributed by atoms with E-state index in [1.165, 1.54) is 24.1 Å². The maximum Gasteiger partial charge on any atom is 0.155 e. The number of aryl methyl sites for hydroxylation is 1. The van der Waals surface area contributed by atoms with Crippen molar-refractivity contribution in [3.8, 4) is 10.6 Å². The molecular formula is C23H22ClN5S. The van der Waals surface area contributed by atoms with Crippen LogP contribution >= 0.6 is 22.9 Å². The first-order valence-electron chi connectivity index (χ1n) is 10.4. The topological polar surface area (TPSA) is 46.3 Å². The molecule has 0 saturated carbocycles. The molecular weight excluding hydrogens is 414 g/mol. The molecule has 7 heteroatoms. The number of thiophene rings is 1. The van der Waals surface area contributed by atoms with E-state index >= 15 is 0 Å². The Kier molecular flexibility index (Phi) is 4.15. The van der Waals surface area contributed by atoms with Gasteiger partial charge in [-0.3, -0.25) is 4.98 Å². The molecule has 0 unspecified atom stereocenters. The van der Waals surface area contributed by atoms with Gasteiger partial charge in [-0.15, -0.1) is 11.3 Å². The van der Waals surface area contributed by atoms with Gasteiger partial charge in [-0.25, -0.2) is 9.50 Å². The number of aromatic nitrogens is 4. The van der Waals surface area contributed by atoms with Crippen LogP contribution in [-0.4, -0.2) is 32.7 Å². The zero-order valence-electron chi connectivity index (χ0n) is 16.8. The summed E-state index contributed by atoms with van der Waals surface area (Å²) in [6.45, 7) is 4.08. The predicted molar refractivity (Wildman–Crippen MR) is 122 cm³/mol. The van der Waals surface area contributed by atoms with E-state index in [2.05, 4.69) is 40.1 Å². The number of piperidine rings is 1. The highest BCUT2D eigenvalue weighted by molar-refractivity contribution is 7.14. The van der Waals surface area contributed by atoms with Gasteiger partial charge in [0.1, 0.15) is 11.2 Å². The average Bonchev–Trinajstić information content (AvgIpc) is 3.47. The van der Waals surface area contributed by atoms with Crippen LogP contribution in [-0.2, 0) is 12.8 Å². The van der Waals surface area contributed by atoms with Crippen molar-refractivity contribution in [1.29, 1.82) is 0 Å². The zero-order chi connectivity index (χ0) is 20.3. The number of halogens is 1. The second kappa shape index (κ2) is 6.79. The molecule has 2 aliphatic rings. The molecule has 4 aromatic rings. The highest BCUT2D eigenvalue weighted by Crippen LogP contribution is 2.45. The van der Waals surface area contributed by atoms with E-state index in [1.807, 2.05) is 28.4 Å². The first-order chi connectivity index (χ1) is 14.6. The lowest BCUT2D eigenvalue weighted by Crippen LogP contribution is -2.41. The largest absolute Gasteiger partial charge is 0.355 e. The minimum atomic E-state index is 0.364. The Balaban J connectivity index is 1.32. The number of hydrogen-bond acceptors (Lipinski definition) is 5. The Hall–Kier alpha value is -2.44. The Morgan fingerprint density at radius 2 is 1.97 bits per heavy atom. The molecule has 1 aliphatic heterocycles. The van der Waals surface area contributed by atoms with Crippen molar-refractivity contribution in [3.63, 3.8) is 0 Å². The summed E-state index contributed by atoms with van der Waals surface area (Å²) in [7, 11) is 0. The van der Waals surface area contributed by atoms with Crippen LogP contribution in [0.2, 0.25) is 5.02 Å². The molecule has 0 N–H and O–H groups in total. The molecule has 1 fully saturated rings. The van der Waals surface area contributed by atoms with Gasteiger partial charge in [0.25, 0.3) is 0 Å². The SMILES string of the molecule is Cc1nc(N2CCC3(CC2)Cc2cccnc2C3)c2ccnn2c1-c1sccc1Cl. The molecule has 5 heterocycles. The molecule has 5 nitrogen and oxygen atoms in total. The van der Waals surface area contributed by atoms with Crippen molar-refractivity contribution in [3.05, 3.63) is 64.0 Å². The van der Waals surface area contributed by atoms with E-state index in [-0.39, 0.29) is 0 Å². The highest BCUT2D eigenvalue weighted by atomic mass is 35.5. The molecule has 1 spiro atoms. The van der Waals surface area contributed by atoms with Gasteiger partial charge in [-0.1, -0.05) is 17.7 Å². The van der Waals surface area contributed by atoms with E-state index in [0.717, 1.165) is 58.6 Å². The Morgan fingerprint density at radius 3 is 2.73 bits per heavy atom. The van der Waals surface area contributed by atoms with E-state index < -0.39 is 0 Å². The van der Waals surface area contributed by atoms with E-state index in [4.69, 9.17) is 16.6 Å². The predicted octanol–water partition coefficient (Wildman–Crippen LogP) is 5.20. The number of rotatable bonds is 2. The molecule has 6 rings (SSSR count). The second-order valence-corrected chi connectivity index (χ2v) is 9.87. The van der Waals surface area contributed by atoms with Gasteiger partial charge >= 0.3 is 0 Å². The molecule has 4 aromatic heterocycles. The van der Waals surface area contributed by atoms with Gasteiger partial charge < -0.3 is 4.90 Å². The van der Waals surface area contributed by atoms with Crippen LogP contribution in [0, 0.1) is 12.3 Å². The summed E-state index contributed by atoms with van der Waals surface area (Å²) >= 11 is 8.07. The van der Waals surface area contributed by atoms with Crippen molar-refractivity contribution >= 4 is 34.3 Å². The van der Waals surface area contributed by atoms with Crippen molar-refractivity contribution in [2.75, 3.05) is 18.0 Å². The number of fused-ring (bicyclic) bond motifs is 2. The van der Waals surface area contributed by atoms with E-state index in [1.54, 1.807) is 11.3 Å². The van der Waals surface area contributed by atoms with Gasteiger partial charge in [-0.2, -0.15) is 5.10 Å². The second-order valence-electron chi connectivity index (χ2n) is 8.55. The number of anilines is 1. The summed E-state index contributed by atoms with van der Waals surface area (Å²) in [6.07, 6.45) is 8.40. The third-order valence-electron chi connectivity index (χ3n) is 6.75. The molecule has 0 bridgehead atoms. The lowest BCUT2D eigenvalue weighted by Gasteiger charge is -2.40. The minimum absolute atomic E-state index is 0.364. The molecule has 30 heavy (non-hydrogen) atoms. The van der Waals surface area contributed by atoms with Gasteiger partial charge in [-0.05, 0) is 67.2 Å². The Morgan fingerprint density at radius 1 is 1.10 bits per heavy atom. The molecule has 152 valence electrons. The summed E-state index contributed by atoms with van der Waals surface area (Å²) in [6, 6.07) is 8.31. The number of pyridine rings is 1. The van der Waals surface area contributed by atoms with Gasteiger partial charge in [0.2, 0.25) is 0 Å². The van der Waals surface area contributed by atoms with Crippen LogP contribution in [0.25, 0.3) is 16.1 Å². The highest BCUT2D eigenvalue weighted by Gasteiger charge is 2.41. The summed E-state index contributed by atoms with van der Waals surface area (Å²) in [5.41, 5.74) is 6.11. The fourth-order valence-electron chi connectivity index (χ4n) is 5.19. The third kappa shape index (κ3) is 2.77. The standard InChI is InChI=1S/C23H22ClN5S/c1-15-20(21-17(24)5-12-30-21)29-19(4-9-26-29)22(27-15)28-10-6-23(7-11-28)13-16-3-2-8-25-18(16)14-23/h2-5,8-9,12H,6-7,10-11,13-14H2,1H3. The van der Waals surface area contributed by atoms with E-state index in [9.17, 15) is 0 Å². The summed E-state index contributed by atoms with van der Waals surface area (Å²) in [5, 5.41) is 7.39. The molecule has 1 saturated heterocycles. The van der Waals surface area contributed by atoms with Crippen molar-refractivity contribution in [2.24, 2.45) is 5.41 Å². The van der Waals surface area contributed by atoms with Gasteiger partial charge in [0, 0.05) is 25.0 Å². The molecule has 1 aliphatic carbocycles. The number of nitrogens with zero attached hydrogens (tertiary/aromatic N) is 5. The van der Waals surface area contributed by atoms with Crippen molar-refractivity contribution < 1.29 is 0 Å². The first-order valence-corrected chi connectivity index (χ1v) is 11.6. The van der Waals surface area contributed by atoms with Crippen LogP contribution in [0.3, 0.4) is 0 Å². The molecule has 0 atom stereocenters. The first kappa shape index (κ1) is 18.3. The molecule has 0 amide bonds. The summed E-state index contributed by atoms with van der Waals surface area (Å²) in [4.78, 5) is 13.1. The minimum Gasteiger partial charge on any atom is -0.355 e. The molecule has 0 radical (unpaired) electrons. The van der Waals surface area contributed by atoms with Crippen molar-refractivity contribution in [1.82, 2.24) is 19.6 Å². The van der Waals surface area contributed by atoms with Gasteiger partial charge in [0.15, 0.2) is 5.82 Å². The average molecular weight is 436 g/mol. The lowest BCUT2D eigenvalue weighted by molar-refractivity contribution is 0.231. The smallest absolute Gasteiger partial charge is 0.155 e. The maximum atomic E-state index is 6.44. The van der Waals surface area contributed by atoms with Crippen molar-refractivity contribution in [2.45, 2.75) is 32.6 Å². The van der Waals surface area contributed by atoms with E-state index in [0.29, 0.717) is 5.41 Å². The van der Waals surface area contributed by atoms with Crippen LogP contribution in [0.15, 0.2) is 42.0 Å². The monoisotopic (exact) mass is 435 g/mol. The quantitative estimate of drug-likeness (QED) is 0.434. The Bertz CT molecular complexity index is 1220. The maximum absolute atomic E-state index is 6.44. The summed E-state index contributed by atoms with van der Waals surface area (Å²) < 4.78 is 2.01. The van der Waals surface area contributed by atoms with Crippen LogP contribution in [0.5, 0.6) is 0 Å². The fourth-order valence-corrected chi connectivity index (χ4v) is 6.42. The molecule has 0 aromatic carbocycles. The van der Waals surface area contributed by atoms with Crippen LogP contribution < -0.4 is 4.90 Å². The third-order valence-corrected chi connectivity index (χ3v) is 8.10. The number of hydrogen-bond donors (Lipinski definition) is 0. The van der Waals surface area contributed by atoms with Gasteiger partial charge in [0.05, 0.1) is 21.8 Å². The lowest BCUT2D eigenvalue weighted by atomic mass is 9.76. The van der Waals surface area contributed by atoms with Crippen LogP contribution in [0.4, 0.5) is 5.82 Å². The Labute approximate surface area is 184 Å². The van der Waals surface area contributed by atoms with Crippen LogP contribution in [0.1, 0.15) is 29.8 Å².